The van der Waals surface area contributed by atoms with Gasteiger partial charge in [-0.1, -0.05) is 40.2 Å². The van der Waals surface area contributed by atoms with Gasteiger partial charge < -0.3 is 9.97 Å². The van der Waals surface area contributed by atoms with Gasteiger partial charge in [-0.15, -0.1) is 0 Å². The van der Waals surface area contributed by atoms with Gasteiger partial charge in [0.05, 0.1) is 11.8 Å². The maximum Gasteiger partial charge on any atom is 0.312 e. The molecule has 0 unspecified atom stereocenters. The van der Waals surface area contributed by atoms with Crippen molar-refractivity contribution in [3.63, 3.8) is 0 Å². The number of Topliss-reactive ketones (excluding diaryl/α,β-unsaturated/α-hetero) is 1. The number of halogens is 1. The first-order valence-electron chi connectivity index (χ1n) is 7.84. The van der Waals surface area contributed by atoms with E-state index in [4.69, 9.17) is 0 Å². The van der Waals surface area contributed by atoms with Gasteiger partial charge in [0.25, 0.3) is 5.78 Å². The summed E-state index contributed by atoms with van der Waals surface area (Å²) in [4.78, 5) is 30.6. The molecule has 128 valence electrons. The van der Waals surface area contributed by atoms with Crippen molar-refractivity contribution >= 4 is 55.6 Å². The number of amides is 1. The lowest BCUT2D eigenvalue weighted by Crippen LogP contribution is -2.27. The Kier molecular flexibility index (Phi) is 4.14. The second-order valence-electron chi connectivity index (χ2n) is 5.71. The molecule has 6 nitrogen and oxygen atoms in total. The van der Waals surface area contributed by atoms with E-state index in [1.165, 1.54) is 12.4 Å². The van der Waals surface area contributed by atoms with Crippen molar-refractivity contribution in [1.82, 2.24) is 15.4 Å². The van der Waals surface area contributed by atoms with Gasteiger partial charge in [-0.25, -0.2) is 5.43 Å². The van der Waals surface area contributed by atoms with Gasteiger partial charge in [0.15, 0.2) is 0 Å². The maximum absolute atomic E-state index is 12.3. The lowest BCUT2D eigenvalue weighted by molar-refractivity contribution is -0.116. The molecule has 0 aliphatic rings. The molecule has 0 saturated carbocycles. The highest BCUT2D eigenvalue weighted by Crippen LogP contribution is 2.21. The van der Waals surface area contributed by atoms with Crippen molar-refractivity contribution in [1.29, 1.82) is 0 Å². The topological polar surface area (TPSA) is 90.1 Å². The van der Waals surface area contributed by atoms with Crippen LogP contribution in [0.25, 0.3) is 21.8 Å². The van der Waals surface area contributed by atoms with Gasteiger partial charge in [-0.2, -0.15) is 5.10 Å². The zero-order chi connectivity index (χ0) is 18.1. The fraction of sp³-hybridized carbons (Fsp3) is 0. The average molecular weight is 409 g/mol. The van der Waals surface area contributed by atoms with Crippen molar-refractivity contribution in [2.24, 2.45) is 5.10 Å². The van der Waals surface area contributed by atoms with Gasteiger partial charge >= 0.3 is 5.91 Å². The fourth-order valence-electron chi connectivity index (χ4n) is 2.82. The largest absolute Gasteiger partial charge is 0.360 e. The highest BCUT2D eigenvalue weighted by atomic mass is 79.9. The van der Waals surface area contributed by atoms with Crippen LogP contribution < -0.4 is 5.43 Å². The number of para-hydroxylation sites is 1. The molecule has 26 heavy (non-hydrogen) atoms. The first-order valence-corrected chi connectivity index (χ1v) is 8.63. The van der Waals surface area contributed by atoms with E-state index in [0.29, 0.717) is 10.9 Å². The third-order valence-corrected chi connectivity index (χ3v) is 4.58. The number of carbonyl (C=O) groups is 2. The molecule has 7 heteroatoms. The van der Waals surface area contributed by atoms with Crippen LogP contribution in [0, 0.1) is 0 Å². The molecule has 1 amide bonds. The molecule has 2 heterocycles. The van der Waals surface area contributed by atoms with Crippen molar-refractivity contribution in [2.45, 2.75) is 0 Å². The van der Waals surface area contributed by atoms with E-state index in [2.05, 4.69) is 36.4 Å². The Balaban J connectivity index is 1.51. The van der Waals surface area contributed by atoms with Crippen LogP contribution in [0.5, 0.6) is 0 Å². The summed E-state index contributed by atoms with van der Waals surface area (Å²) < 4.78 is 0.966. The van der Waals surface area contributed by atoms with E-state index in [1.54, 1.807) is 12.3 Å². The number of nitrogens with zero attached hydrogens (tertiary/aromatic N) is 1. The lowest BCUT2D eigenvalue weighted by Gasteiger charge is -1.98. The summed E-state index contributed by atoms with van der Waals surface area (Å²) in [6.07, 6.45) is 4.83. The Labute approximate surface area is 156 Å². The number of ketones is 1. The zero-order valence-electron chi connectivity index (χ0n) is 13.4. The van der Waals surface area contributed by atoms with Crippen LogP contribution in [-0.2, 0) is 4.79 Å². The van der Waals surface area contributed by atoms with E-state index in [9.17, 15) is 9.59 Å². The maximum atomic E-state index is 12.3. The first-order chi connectivity index (χ1) is 12.6. The monoisotopic (exact) mass is 408 g/mol. The number of nitrogens with one attached hydrogen (secondary N) is 3. The molecule has 2 aromatic heterocycles. The summed E-state index contributed by atoms with van der Waals surface area (Å²) in [7, 11) is 0. The summed E-state index contributed by atoms with van der Waals surface area (Å²) in [6.45, 7) is 0. The van der Waals surface area contributed by atoms with Crippen molar-refractivity contribution in [3.05, 3.63) is 70.5 Å². The smallest absolute Gasteiger partial charge is 0.312 e. The summed E-state index contributed by atoms with van der Waals surface area (Å²) in [5.74, 6) is -1.42. The Morgan fingerprint density at radius 3 is 2.69 bits per heavy atom. The molecule has 0 spiro atoms. The van der Waals surface area contributed by atoms with Crippen molar-refractivity contribution in [3.8, 4) is 0 Å². The van der Waals surface area contributed by atoms with Gasteiger partial charge in [0.2, 0.25) is 0 Å². The molecule has 0 fully saturated rings. The highest BCUT2D eigenvalue weighted by molar-refractivity contribution is 9.10. The van der Waals surface area contributed by atoms with Crippen molar-refractivity contribution < 1.29 is 9.59 Å². The van der Waals surface area contributed by atoms with E-state index in [-0.39, 0.29) is 0 Å². The number of aromatic nitrogens is 2. The number of H-pyrrole nitrogens is 2. The number of aromatic amines is 2. The van der Waals surface area contributed by atoms with Crippen LogP contribution in [-0.4, -0.2) is 27.9 Å². The van der Waals surface area contributed by atoms with E-state index < -0.39 is 11.7 Å². The number of hydrogen-bond acceptors (Lipinski definition) is 3. The third kappa shape index (κ3) is 2.93. The van der Waals surface area contributed by atoms with E-state index in [0.717, 1.165) is 26.5 Å². The van der Waals surface area contributed by atoms with Gasteiger partial charge in [-0.05, 0) is 18.2 Å². The highest BCUT2D eigenvalue weighted by Gasteiger charge is 2.19. The summed E-state index contributed by atoms with van der Waals surface area (Å²) in [5.41, 5.74) is 5.18. The van der Waals surface area contributed by atoms with Gasteiger partial charge in [0, 0.05) is 44.2 Å². The Morgan fingerprint density at radius 2 is 1.81 bits per heavy atom. The van der Waals surface area contributed by atoms with Crippen LogP contribution in [0.2, 0.25) is 0 Å². The van der Waals surface area contributed by atoms with Gasteiger partial charge in [0.1, 0.15) is 0 Å². The Hall–Kier alpha value is -3.19. The number of benzene rings is 2. The molecule has 4 aromatic rings. The van der Waals surface area contributed by atoms with Gasteiger partial charge in [-0.3, -0.25) is 9.59 Å². The minimum Gasteiger partial charge on any atom is -0.360 e. The van der Waals surface area contributed by atoms with E-state index >= 15 is 0 Å². The Morgan fingerprint density at radius 1 is 1.00 bits per heavy atom. The molecule has 0 radical (unpaired) electrons. The molecule has 0 aliphatic carbocycles. The standard InChI is InChI=1S/C19H13BrN4O2/c20-12-5-6-13-11(8-21-17(13)7-12)9-23-24-19(26)18(25)15-10-22-16-4-2-1-3-14(15)16/h1-10,21-22H,(H,24,26)/b23-9+. The van der Waals surface area contributed by atoms with E-state index in [1.807, 2.05) is 36.4 Å². The molecule has 0 saturated heterocycles. The minimum absolute atomic E-state index is 0.324. The number of hydrogen-bond donors (Lipinski definition) is 3. The normalized spacial score (nSPS) is 11.4. The van der Waals surface area contributed by atoms with Crippen LogP contribution in [0.4, 0.5) is 0 Å². The SMILES string of the molecule is O=C(N/N=C/c1c[nH]c2cc(Br)ccc12)C(=O)c1c[nH]c2ccccc12. The second kappa shape index (κ2) is 6.61. The summed E-state index contributed by atoms with van der Waals surface area (Å²) >= 11 is 3.41. The molecular weight excluding hydrogens is 396 g/mol. The predicted molar refractivity (Wildman–Crippen MR) is 104 cm³/mol. The summed E-state index contributed by atoms with van der Waals surface area (Å²) in [5, 5.41) is 5.58. The molecule has 0 atom stereocenters. The number of hydrazone groups is 1. The molecule has 0 aliphatic heterocycles. The molecule has 3 N–H and O–H groups in total. The quantitative estimate of drug-likeness (QED) is 0.207. The molecule has 0 bridgehead atoms. The molecule has 4 rings (SSSR count). The first kappa shape index (κ1) is 16.3. The summed E-state index contributed by atoms with van der Waals surface area (Å²) in [6, 6.07) is 13.1. The molecular formula is C19H13BrN4O2. The van der Waals surface area contributed by atoms with Crippen molar-refractivity contribution in [2.75, 3.05) is 0 Å². The number of fused-ring (bicyclic) bond motifs is 2. The van der Waals surface area contributed by atoms with Crippen LogP contribution in [0.1, 0.15) is 15.9 Å². The van der Waals surface area contributed by atoms with Crippen LogP contribution in [0.3, 0.4) is 0 Å². The minimum atomic E-state index is -0.784. The second-order valence-corrected chi connectivity index (χ2v) is 6.63. The number of carbonyl (C=O) groups excluding carboxylic acids is 2. The predicted octanol–water partition coefficient (Wildman–Crippen LogP) is 3.74. The van der Waals surface area contributed by atoms with Crippen LogP contribution in [0.15, 0.2) is 64.4 Å². The Bertz CT molecular complexity index is 1170. The fourth-order valence-corrected chi connectivity index (χ4v) is 3.18. The zero-order valence-corrected chi connectivity index (χ0v) is 15.0. The number of rotatable bonds is 4. The average Bonchev–Trinajstić information content (AvgIpc) is 3.25. The third-order valence-electron chi connectivity index (χ3n) is 4.09. The lowest BCUT2D eigenvalue weighted by atomic mass is 10.1. The van der Waals surface area contributed by atoms with Crippen LogP contribution >= 0.6 is 15.9 Å². The molecule has 2 aromatic carbocycles.